The molecule has 3 rings (SSSR count). The lowest BCUT2D eigenvalue weighted by atomic mass is 9.94. The number of amides is 1. The number of piperidine rings is 1. The van der Waals surface area contributed by atoms with Gasteiger partial charge in [0.25, 0.3) is 11.8 Å². The number of nitrogens with zero attached hydrogens (tertiary/aromatic N) is 3. The summed E-state index contributed by atoms with van der Waals surface area (Å²) >= 11 is 0. The van der Waals surface area contributed by atoms with Crippen molar-refractivity contribution in [2.24, 2.45) is 5.92 Å². The Balaban J connectivity index is 2.11. The largest absolute Gasteiger partial charge is 0.418 e. The number of hydrogen-bond donors (Lipinski definition) is 2. The Morgan fingerprint density at radius 2 is 1.97 bits per heavy atom. The van der Waals surface area contributed by atoms with Gasteiger partial charge in [0.2, 0.25) is 0 Å². The Kier molecular flexibility index (Phi) is 6.64. The zero-order valence-corrected chi connectivity index (χ0v) is 19.7. The van der Waals surface area contributed by atoms with Crippen LogP contribution >= 0.6 is 0 Å². The molecule has 7 nitrogen and oxygen atoms in total. The predicted octanol–water partition coefficient (Wildman–Crippen LogP) is 4.88. The second kappa shape index (κ2) is 8.75. The van der Waals surface area contributed by atoms with Gasteiger partial charge in [0.1, 0.15) is 10.8 Å². The van der Waals surface area contributed by atoms with Gasteiger partial charge in [0, 0.05) is 43.6 Å². The molecule has 3 heterocycles. The third-order valence-electron chi connectivity index (χ3n) is 5.74. The summed E-state index contributed by atoms with van der Waals surface area (Å²) in [6.07, 6.45) is -2.98. The Hall–Kier alpha value is -2.83. The smallest absolute Gasteiger partial charge is 0.355 e. The van der Waals surface area contributed by atoms with Crippen LogP contribution in [0.5, 0.6) is 0 Å². The molecule has 1 unspecified atom stereocenters. The number of anilines is 2. The van der Waals surface area contributed by atoms with E-state index in [4.69, 9.17) is 4.78 Å². The molecule has 0 aliphatic carbocycles. The van der Waals surface area contributed by atoms with E-state index in [-0.39, 0.29) is 40.9 Å². The van der Waals surface area contributed by atoms with Gasteiger partial charge in [0.15, 0.2) is 0 Å². The number of pyridine rings is 2. The minimum atomic E-state index is -4.79. The van der Waals surface area contributed by atoms with E-state index in [1.807, 2.05) is 0 Å². The highest BCUT2D eigenvalue weighted by Crippen LogP contribution is 2.40. The molecule has 0 saturated carbocycles. The predicted molar refractivity (Wildman–Crippen MR) is 117 cm³/mol. The summed E-state index contributed by atoms with van der Waals surface area (Å²) in [4.78, 5) is 22.5. The maximum atomic E-state index is 14.0. The third-order valence-corrected chi connectivity index (χ3v) is 6.76. The number of hydrogen-bond acceptors (Lipinski definition) is 6. The van der Waals surface area contributed by atoms with Crippen molar-refractivity contribution in [3.8, 4) is 0 Å². The first kappa shape index (κ1) is 25.8. The molecule has 34 heavy (non-hydrogen) atoms. The van der Waals surface area contributed by atoms with E-state index < -0.39 is 51.2 Å². The number of alkyl halides is 5. The fourth-order valence-corrected chi connectivity index (χ4v) is 4.54. The molecule has 0 bridgehead atoms. The van der Waals surface area contributed by atoms with Gasteiger partial charge in [0.05, 0.1) is 26.5 Å². The lowest BCUT2D eigenvalue weighted by molar-refractivity contribution is -0.138. The molecular weight excluding hydrogens is 481 g/mol. The highest BCUT2D eigenvalue weighted by molar-refractivity contribution is 7.91. The van der Waals surface area contributed by atoms with Gasteiger partial charge < -0.3 is 10.2 Å². The average molecular weight is 506 g/mol. The van der Waals surface area contributed by atoms with Gasteiger partial charge in [-0.15, -0.1) is 0 Å². The Morgan fingerprint density at radius 3 is 2.53 bits per heavy atom. The summed E-state index contributed by atoms with van der Waals surface area (Å²) in [6, 6.07) is 2.52. The molecule has 1 fully saturated rings. The Labute approximate surface area is 193 Å². The van der Waals surface area contributed by atoms with Crippen LogP contribution in [0.25, 0.3) is 0 Å². The number of carbonyl (C=O) groups is 1. The maximum absolute atomic E-state index is 14.0. The number of aryl methyl sites for hydroxylation is 1. The fraction of sp³-hybridized carbons (Fsp3) is 0.476. The van der Waals surface area contributed by atoms with E-state index in [2.05, 4.69) is 15.3 Å². The maximum Gasteiger partial charge on any atom is 0.418 e. The molecule has 1 aliphatic rings. The lowest BCUT2D eigenvalue weighted by Gasteiger charge is -2.38. The first-order valence-corrected chi connectivity index (χ1v) is 12.2. The second-order valence-electron chi connectivity index (χ2n) is 8.43. The van der Waals surface area contributed by atoms with E-state index >= 15 is 0 Å². The van der Waals surface area contributed by atoms with Gasteiger partial charge >= 0.3 is 6.18 Å². The summed E-state index contributed by atoms with van der Waals surface area (Å²) in [5, 5.41) is 2.33. The van der Waals surface area contributed by atoms with E-state index in [1.54, 1.807) is 0 Å². The molecular formula is C21H24F5N5O2S. The number of carbonyl (C=O) groups excluding carboxylic acids is 1. The normalized spacial score (nSPS) is 20.0. The van der Waals surface area contributed by atoms with Crippen LogP contribution in [0.4, 0.5) is 33.5 Å². The van der Waals surface area contributed by atoms with Gasteiger partial charge in [-0.2, -0.15) is 13.2 Å². The van der Waals surface area contributed by atoms with Gasteiger partial charge in [-0.05, 0) is 31.5 Å². The Morgan fingerprint density at radius 1 is 1.32 bits per heavy atom. The minimum absolute atomic E-state index is 0.0647. The summed E-state index contributed by atoms with van der Waals surface area (Å²) < 4.78 is 88.9. The van der Waals surface area contributed by atoms with E-state index in [1.165, 1.54) is 30.2 Å². The van der Waals surface area contributed by atoms with Gasteiger partial charge in [-0.25, -0.2) is 27.7 Å². The molecule has 0 spiro atoms. The molecule has 0 radical (unpaired) electrons. The van der Waals surface area contributed by atoms with Crippen molar-refractivity contribution in [1.82, 2.24) is 9.97 Å². The highest BCUT2D eigenvalue weighted by atomic mass is 32.2. The number of rotatable bonds is 4. The lowest BCUT2D eigenvalue weighted by Crippen LogP contribution is -2.47. The van der Waals surface area contributed by atoms with Crippen LogP contribution in [0.3, 0.4) is 0 Å². The van der Waals surface area contributed by atoms with Crippen molar-refractivity contribution in [1.29, 1.82) is 4.78 Å². The molecule has 2 N–H and O–H groups in total. The monoisotopic (exact) mass is 505 g/mol. The second-order valence-corrected chi connectivity index (χ2v) is 10.5. The number of aromatic nitrogens is 2. The minimum Gasteiger partial charge on any atom is -0.355 e. The summed E-state index contributed by atoms with van der Waals surface area (Å²) in [5.41, 5.74) is -2.15. The third kappa shape index (κ3) is 5.13. The molecule has 1 amide bonds. The first-order chi connectivity index (χ1) is 15.5. The van der Waals surface area contributed by atoms with Crippen LogP contribution in [0.15, 0.2) is 23.4 Å². The number of halogens is 5. The van der Waals surface area contributed by atoms with Gasteiger partial charge in [-0.1, -0.05) is 6.92 Å². The van der Waals surface area contributed by atoms with Crippen molar-refractivity contribution in [2.45, 2.75) is 44.3 Å². The Bertz CT molecular complexity index is 1230. The van der Waals surface area contributed by atoms with Crippen molar-refractivity contribution in [2.75, 3.05) is 29.6 Å². The van der Waals surface area contributed by atoms with Gasteiger partial charge in [-0.3, -0.25) is 4.79 Å². The summed E-state index contributed by atoms with van der Waals surface area (Å²) in [5.74, 6) is -5.09. The molecule has 0 aromatic carbocycles. The zero-order chi connectivity index (χ0) is 25.6. The van der Waals surface area contributed by atoms with Crippen molar-refractivity contribution in [3.63, 3.8) is 0 Å². The van der Waals surface area contributed by atoms with Crippen LogP contribution in [-0.2, 0) is 15.9 Å². The first-order valence-electron chi connectivity index (χ1n) is 10.2. The molecule has 1 saturated heterocycles. The summed E-state index contributed by atoms with van der Waals surface area (Å²) in [7, 11) is -3.21. The van der Waals surface area contributed by atoms with E-state index in [0.29, 0.717) is 0 Å². The molecule has 13 heteroatoms. The molecule has 2 aromatic rings. The van der Waals surface area contributed by atoms with Crippen LogP contribution < -0.4 is 10.2 Å². The molecule has 1 aliphatic heterocycles. The SMILES string of the molecule is Cc1nc(N2CCC(F)(F)C(C)C2)c(C(=O)Nc2ccnc([S@](C)(=N)=O)c2)c(C)c1C(F)(F)F. The van der Waals surface area contributed by atoms with Crippen molar-refractivity contribution >= 4 is 27.1 Å². The average Bonchev–Trinajstić information content (AvgIpc) is 2.68. The van der Waals surface area contributed by atoms with Crippen molar-refractivity contribution < 1.29 is 31.0 Å². The standard InChI is InChI=1S/C21H24F5N5O2S/c1-11-10-31(8-6-20(11,22)23)18-16(12(2)17(13(3)29-18)21(24,25)26)19(32)30-14-5-7-28-15(9-14)34(4,27)33/h5,7,9,11,27H,6,8,10H2,1-4H3,(H,28,30,32)/t11?,34-/m1/s1. The molecule has 2 atom stereocenters. The van der Waals surface area contributed by atoms with Crippen molar-refractivity contribution in [3.05, 3.63) is 40.7 Å². The van der Waals surface area contributed by atoms with E-state index in [9.17, 15) is 31.0 Å². The fourth-order valence-electron chi connectivity index (χ4n) is 3.93. The summed E-state index contributed by atoms with van der Waals surface area (Å²) in [6.45, 7) is 3.24. The zero-order valence-electron chi connectivity index (χ0n) is 18.9. The topological polar surface area (TPSA) is 99.0 Å². The van der Waals surface area contributed by atoms with Crippen LogP contribution in [-0.4, -0.2) is 45.4 Å². The molecule has 2 aromatic heterocycles. The highest BCUT2D eigenvalue weighted by Gasteiger charge is 2.43. The van der Waals surface area contributed by atoms with Crippen LogP contribution in [0, 0.1) is 24.5 Å². The van der Waals surface area contributed by atoms with Crippen LogP contribution in [0.1, 0.15) is 40.5 Å². The molecule has 186 valence electrons. The van der Waals surface area contributed by atoms with Crippen LogP contribution in [0.2, 0.25) is 0 Å². The quantitative estimate of drug-likeness (QED) is 0.577. The number of nitrogens with one attached hydrogen (secondary N) is 2. The van der Waals surface area contributed by atoms with E-state index in [0.717, 1.165) is 20.1 Å².